The van der Waals surface area contributed by atoms with Crippen LogP contribution in [0.25, 0.3) is 22.3 Å². The fourth-order valence-corrected chi connectivity index (χ4v) is 5.28. The Morgan fingerprint density at radius 1 is 0.750 bits per heavy atom. The number of methoxy groups -OCH3 is 1. The standard InChI is InChI=1S/C28H32O16/c1-40-14-4-9(2-3-10(14)31)13-5-11(32)18-12(33)6-15(43-28-25(39)23(37)21(35)17(8-30)44-28)19(26(18)41-13)27-24(38)22(36)20(34)16(7-29)42-27/h2-6,16-17,20-25,27-31,33-39H,7-8H2,1H3/t16-,17+,20+,21+,22-,23-,24+,25-,27-,28+/m0/s1. The highest BCUT2D eigenvalue weighted by Crippen LogP contribution is 2.45. The average Bonchev–Trinajstić information content (AvgIpc) is 3.00. The molecule has 10 atom stereocenters. The molecule has 2 saturated heterocycles. The predicted molar refractivity (Wildman–Crippen MR) is 145 cm³/mol. The second-order valence-electron chi connectivity index (χ2n) is 10.4. The summed E-state index contributed by atoms with van der Waals surface area (Å²) in [5, 5.41) is 103. The lowest BCUT2D eigenvalue weighted by Crippen LogP contribution is -2.60. The van der Waals surface area contributed by atoms with Crippen LogP contribution in [0.5, 0.6) is 23.0 Å². The fourth-order valence-electron chi connectivity index (χ4n) is 5.28. The lowest BCUT2D eigenvalue weighted by Gasteiger charge is -2.42. The molecule has 10 N–H and O–H groups in total. The zero-order valence-electron chi connectivity index (χ0n) is 23.0. The highest BCUT2D eigenvalue weighted by atomic mass is 16.7. The number of ether oxygens (including phenoxy) is 4. The summed E-state index contributed by atoms with van der Waals surface area (Å²) < 4.78 is 28.1. The largest absolute Gasteiger partial charge is 0.507 e. The molecule has 16 heteroatoms. The minimum atomic E-state index is -1.94. The Hall–Kier alpha value is -3.55. The highest BCUT2D eigenvalue weighted by Gasteiger charge is 2.48. The molecule has 240 valence electrons. The van der Waals surface area contributed by atoms with Gasteiger partial charge in [0.15, 0.2) is 22.5 Å². The molecule has 0 radical (unpaired) electrons. The Bertz CT molecular complexity index is 1550. The smallest absolute Gasteiger partial charge is 0.229 e. The molecule has 2 aliphatic heterocycles. The molecular weight excluding hydrogens is 592 g/mol. The van der Waals surface area contributed by atoms with Gasteiger partial charge in [0, 0.05) is 17.7 Å². The van der Waals surface area contributed by atoms with Crippen molar-refractivity contribution >= 4 is 11.0 Å². The maximum Gasteiger partial charge on any atom is 0.229 e. The van der Waals surface area contributed by atoms with Gasteiger partial charge in [0.25, 0.3) is 0 Å². The summed E-state index contributed by atoms with van der Waals surface area (Å²) in [4.78, 5) is 13.4. The quantitative estimate of drug-likeness (QED) is 0.131. The molecular formula is C28H32O16. The minimum absolute atomic E-state index is 0.0296. The normalized spacial score (nSPS) is 32.5. The Morgan fingerprint density at radius 2 is 1.39 bits per heavy atom. The first kappa shape index (κ1) is 31.9. The van der Waals surface area contributed by atoms with Crippen LogP contribution in [0.1, 0.15) is 11.7 Å². The molecule has 0 amide bonds. The number of aliphatic hydroxyl groups excluding tert-OH is 8. The number of phenolic OH excluding ortho intramolecular Hbond substituents is 2. The monoisotopic (exact) mass is 624 g/mol. The fraction of sp³-hybridized carbons (Fsp3) is 0.464. The Balaban J connectivity index is 1.74. The molecule has 0 bridgehead atoms. The number of aliphatic hydroxyl groups is 8. The van der Waals surface area contributed by atoms with Gasteiger partial charge in [0.2, 0.25) is 6.29 Å². The molecule has 5 rings (SSSR count). The number of hydrogen-bond donors (Lipinski definition) is 10. The van der Waals surface area contributed by atoms with E-state index in [0.717, 1.165) is 12.1 Å². The third-order valence-electron chi connectivity index (χ3n) is 7.71. The van der Waals surface area contributed by atoms with Gasteiger partial charge in [0.1, 0.15) is 77.6 Å². The summed E-state index contributed by atoms with van der Waals surface area (Å²) in [5.41, 5.74) is -1.38. The third-order valence-corrected chi connectivity index (χ3v) is 7.71. The van der Waals surface area contributed by atoms with Crippen molar-refractivity contribution in [2.75, 3.05) is 20.3 Å². The van der Waals surface area contributed by atoms with Gasteiger partial charge >= 0.3 is 0 Å². The van der Waals surface area contributed by atoms with Crippen molar-refractivity contribution < 1.29 is 74.4 Å². The van der Waals surface area contributed by atoms with E-state index >= 15 is 0 Å². The van der Waals surface area contributed by atoms with E-state index in [9.17, 15) is 55.9 Å². The van der Waals surface area contributed by atoms with E-state index in [4.69, 9.17) is 23.4 Å². The summed E-state index contributed by atoms with van der Waals surface area (Å²) in [7, 11) is 1.30. The van der Waals surface area contributed by atoms with Crippen molar-refractivity contribution in [3.05, 3.63) is 46.1 Å². The second kappa shape index (κ2) is 12.4. The molecule has 44 heavy (non-hydrogen) atoms. The molecule has 0 unspecified atom stereocenters. The molecule has 0 saturated carbocycles. The van der Waals surface area contributed by atoms with Gasteiger partial charge in [0.05, 0.1) is 25.9 Å². The highest BCUT2D eigenvalue weighted by molar-refractivity contribution is 5.90. The van der Waals surface area contributed by atoms with Gasteiger partial charge < -0.3 is 74.4 Å². The molecule has 2 fully saturated rings. The van der Waals surface area contributed by atoms with Crippen molar-refractivity contribution in [1.29, 1.82) is 0 Å². The van der Waals surface area contributed by atoms with Gasteiger partial charge in [-0.2, -0.15) is 0 Å². The summed E-state index contributed by atoms with van der Waals surface area (Å²) in [5.74, 6) is -1.50. The predicted octanol–water partition coefficient (Wildman–Crippen LogP) is -2.43. The maximum absolute atomic E-state index is 13.4. The second-order valence-corrected chi connectivity index (χ2v) is 10.4. The van der Waals surface area contributed by atoms with Crippen LogP contribution >= 0.6 is 0 Å². The Labute approximate surface area is 247 Å². The van der Waals surface area contributed by atoms with Crippen LogP contribution in [0, 0.1) is 0 Å². The summed E-state index contributed by atoms with van der Waals surface area (Å²) in [6.45, 7) is -1.61. The van der Waals surface area contributed by atoms with Crippen LogP contribution in [0.2, 0.25) is 0 Å². The summed E-state index contributed by atoms with van der Waals surface area (Å²) in [6, 6.07) is 5.93. The van der Waals surface area contributed by atoms with Crippen LogP contribution < -0.4 is 14.9 Å². The number of hydrogen-bond acceptors (Lipinski definition) is 16. The van der Waals surface area contributed by atoms with E-state index in [1.807, 2.05) is 0 Å². The molecule has 0 spiro atoms. The first-order valence-electron chi connectivity index (χ1n) is 13.4. The van der Waals surface area contributed by atoms with Crippen LogP contribution in [-0.4, -0.2) is 127 Å². The van der Waals surface area contributed by atoms with Gasteiger partial charge in [-0.05, 0) is 18.2 Å². The summed E-state index contributed by atoms with van der Waals surface area (Å²) in [6.07, 6.45) is -17.5. The molecule has 2 aliphatic rings. The maximum atomic E-state index is 13.4. The number of benzene rings is 2. The molecule has 3 heterocycles. The van der Waals surface area contributed by atoms with Gasteiger partial charge in [-0.3, -0.25) is 4.79 Å². The number of fused-ring (bicyclic) bond motifs is 1. The van der Waals surface area contributed by atoms with Gasteiger partial charge in [-0.25, -0.2) is 0 Å². The van der Waals surface area contributed by atoms with Crippen molar-refractivity contribution in [2.45, 2.75) is 61.2 Å². The van der Waals surface area contributed by atoms with E-state index in [2.05, 4.69) is 0 Å². The minimum Gasteiger partial charge on any atom is -0.507 e. The third kappa shape index (κ3) is 5.45. The van der Waals surface area contributed by atoms with Crippen molar-refractivity contribution in [3.8, 4) is 34.3 Å². The SMILES string of the molecule is COc1cc(-c2cc(=O)c3c(O)cc(O[C@@H]4O[C@H](CO)[C@@H](O)[C@H](O)[C@@H]4O)c([C@@H]4O[C@@H](CO)[C@@H](O)[C@H](O)[C@H]4O)c3o2)ccc1O. The van der Waals surface area contributed by atoms with Crippen LogP contribution in [-0.2, 0) is 9.47 Å². The molecule has 2 aromatic carbocycles. The number of rotatable bonds is 7. The molecule has 16 nitrogen and oxygen atoms in total. The Morgan fingerprint density at radius 3 is 2.02 bits per heavy atom. The van der Waals surface area contributed by atoms with Crippen LogP contribution in [0.3, 0.4) is 0 Å². The number of phenols is 2. The van der Waals surface area contributed by atoms with E-state index < -0.39 is 102 Å². The van der Waals surface area contributed by atoms with Crippen LogP contribution in [0.15, 0.2) is 39.5 Å². The molecule has 1 aromatic heterocycles. The lowest BCUT2D eigenvalue weighted by atomic mass is 9.89. The summed E-state index contributed by atoms with van der Waals surface area (Å²) >= 11 is 0. The van der Waals surface area contributed by atoms with Crippen LogP contribution in [0.4, 0.5) is 0 Å². The zero-order chi connectivity index (χ0) is 32.0. The van der Waals surface area contributed by atoms with E-state index in [1.54, 1.807) is 0 Å². The van der Waals surface area contributed by atoms with Crippen molar-refractivity contribution in [2.24, 2.45) is 0 Å². The zero-order valence-corrected chi connectivity index (χ0v) is 23.0. The van der Waals surface area contributed by atoms with Gasteiger partial charge in [-0.15, -0.1) is 0 Å². The average molecular weight is 625 g/mol. The molecule has 0 aliphatic carbocycles. The Kier molecular flexibility index (Phi) is 9.01. The number of aromatic hydroxyl groups is 2. The van der Waals surface area contributed by atoms with E-state index in [0.29, 0.717) is 0 Å². The van der Waals surface area contributed by atoms with Gasteiger partial charge in [-0.1, -0.05) is 0 Å². The topological polar surface area (TPSA) is 269 Å². The lowest BCUT2D eigenvalue weighted by molar-refractivity contribution is -0.278. The van der Waals surface area contributed by atoms with E-state index in [1.165, 1.54) is 25.3 Å². The van der Waals surface area contributed by atoms with E-state index in [-0.39, 0.29) is 28.4 Å². The van der Waals surface area contributed by atoms with Crippen molar-refractivity contribution in [1.82, 2.24) is 0 Å². The first-order valence-corrected chi connectivity index (χ1v) is 13.4. The first-order chi connectivity index (χ1) is 20.9. The van der Waals surface area contributed by atoms with Crippen molar-refractivity contribution in [3.63, 3.8) is 0 Å². The molecule has 3 aromatic rings.